The van der Waals surface area contributed by atoms with E-state index in [4.69, 9.17) is 4.74 Å². The molecule has 1 saturated heterocycles. The molecule has 0 aliphatic carbocycles. The lowest BCUT2D eigenvalue weighted by Crippen LogP contribution is -2.32. The van der Waals surface area contributed by atoms with Gasteiger partial charge in [-0.25, -0.2) is 0 Å². The maximum absolute atomic E-state index is 12.3. The predicted molar refractivity (Wildman–Crippen MR) is 80.3 cm³/mol. The summed E-state index contributed by atoms with van der Waals surface area (Å²) in [5, 5.41) is 7.96. The first-order valence-corrected chi connectivity index (χ1v) is 7.34. The molecule has 0 aromatic carbocycles. The van der Waals surface area contributed by atoms with Gasteiger partial charge in [-0.1, -0.05) is 6.07 Å². The van der Waals surface area contributed by atoms with Gasteiger partial charge in [0.2, 0.25) is 11.8 Å². The average Bonchev–Trinajstić information content (AvgIpc) is 2.99. The molecule has 0 spiro atoms. The minimum atomic E-state index is -0.0187. The van der Waals surface area contributed by atoms with Crippen LogP contribution in [0.4, 0.5) is 0 Å². The molecule has 22 heavy (non-hydrogen) atoms. The molecule has 6 nitrogen and oxygen atoms in total. The van der Waals surface area contributed by atoms with Crippen molar-refractivity contribution in [3.8, 4) is 5.88 Å². The van der Waals surface area contributed by atoms with Gasteiger partial charge >= 0.3 is 0 Å². The molecule has 1 aliphatic heterocycles. The standard InChI is InChI=1S/C16H18N4O2/c1-12-4-5-15(19-18-12)22-14-6-8-20(11-14)16(21)9-13-3-2-7-17-10-13/h2-5,7,10,14H,6,8-9,11H2,1H3/t14-/m1/s1. The summed E-state index contributed by atoms with van der Waals surface area (Å²) in [6.07, 6.45) is 4.61. The summed E-state index contributed by atoms with van der Waals surface area (Å²) < 4.78 is 5.78. The van der Waals surface area contributed by atoms with E-state index in [1.807, 2.05) is 36.1 Å². The Morgan fingerprint density at radius 1 is 1.36 bits per heavy atom. The van der Waals surface area contributed by atoms with Gasteiger partial charge in [0.15, 0.2) is 0 Å². The topological polar surface area (TPSA) is 68.2 Å². The highest BCUT2D eigenvalue weighted by Crippen LogP contribution is 2.17. The van der Waals surface area contributed by atoms with Crippen molar-refractivity contribution < 1.29 is 9.53 Å². The van der Waals surface area contributed by atoms with E-state index in [1.54, 1.807) is 12.4 Å². The Bertz CT molecular complexity index is 630. The molecule has 3 heterocycles. The van der Waals surface area contributed by atoms with Gasteiger partial charge in [-0.3, -0.25) is 9.78 Å². The maximum Gasteiger partial charge on any atom is 0.233 e. The average molecular weight is 298 g/mol. The molecule has 6 heteroatoms. The van der Waals surface area contributed by atoms with Gasteiger partial charge in [-0.15, -0.1) is 5.10 Å². The van der Waals surface area contributed by atoms with Crippen molar-refractivity contribution in [3.05, 3.63) is 47.9 Å². The summed E-state index contributed by atoms with van der Waals surface area (Å²) in [6, 6.07) is 7.43. The number of ether oxygens (including phenoxy) is 1. The van der Waals surface area contributed by atoms with Gasteiger partial charge in [0.1, 0.15) is 6.10 Å². The van der Waals surface area contributed by atoms with E-state index in [9.17, 15) is 4.79 Å². The zero-order valence-corrected chi connectivity index (χ0v) is 12.5. The fraction of sp³-hybridized carbons (Fsp3) is 0.375. The molecule has 3 rings (SSSR count). The summed E-state index contributed by atoms with van der Waals surface area (Å²) in [7, 11) is 0. The third-order valence-corrected chi connectivity index (χ3v) is 3.64. The smallest absolute Gasteiger partial charge is 0.233 e. The van der Waals surface area contributed by atoms with Crippen molar-refractivity contribution in [2.24, 2.45) is 0 Å². The van der Waals surface area contributed by atoms with Crippen LogP contribution in [-0.2, 0) is 11.2 Å². The lowest BCUT2D eigenvalue weighted by molar-refractivity contribution is -0.129. The quantitative estimate of drug-likeness (QED) is 0.853. The number of likely N-dealkylation sites (tertiary alicyclic amines) is 1. The third kappa shape index (κ3) is 3.58. The van der Waals surface area contributed by atoms with Gasteiger partial charge in [0, 0.05) is 31.4 Å². The van der Waals surface area contributed by atoms with E-state index in [1.165, 1.54) is 0 Å². The van der Waals surface area contributed by atoms with Crippen molar-refractivity contribution in [3.63, 3.8) is 0 Å². The maximum atomic E-state index is 12.3. The second-order valence-corrected chi connectivity index (χ2v) is 5.42. The highest BCUT2D eigenvalue weighted by atomic mass is 16.5. The van der Waals surface area contributed by atoms with Gasteiger partial charge in [0.05, 0.1) is 18.7 Å². The molecule has 0 saturated carbocycles. The van der Waals surface area contributed by atoms with Crippen LogP contribution in [0.25, 0.3) is 0 Å². The van der Waals surface area contributed by atoms with Crippen LogP contribution in [-0.4, -0.2) is 45.2 Å². The Morgan fingerprint density at radius 2 is 2.27 bits per heavy atom. The van der Waals surface area contributed by atoms with Crippen LogP contribution in [0.2, 0.25) is 0 Å². The number of hydrogen-bond donors (Lipinski definition) is 0. The monoisotopic (exact) mass is 298 g/mol. The molecule has 1 atom stereocenters. The number of amides is 1. The first kappa shape index (κ1) is 14.4. The fourth-order valence-electron chi connectivity index (χ4n) is 2.46. The van der Waals surface area contributed by atoms with Crippen LogP contribution in [0.3, 0.4) is 0 Å². The summed E-state index contributed by atoms with van der Waals surface area (Å²) in [5.41, 5.74) is 1.79. The first-order chi connectivity index (χ1) is 10.7. The van der Waals surface area contributed by atoms with Crippen LogP contribution in [0.15, 0.2) is 36.7 Å². The molecular formula is C16H18N4O2. The van der Waals surface area contributed by atoms with Crippen molar-refractivity contribution in [2.75, 3.05) is 13.1 Å². The number of nitrogens with zero attached hydrogens (tertiary/aromatic N) is 4. The molecule has 1 fully saturated rings. The number of rotatable bonds is 4. The van der Waals surface area contributed by atoms with Gasteiger partial charge in [0.25, 0.3) is 0 Å². The molecule has 114 valence electrons. The summed E-state index contributed by atoms with van der Waals surface area (Å²) in [6.45, 7) is 3.18. The molecule has 0 unspecified atom stereocenters. The summed E-state index contributed by atoms with van der Waals surface area (Å²) in [4.78, 5) is 18.1. The number of pyridine rings is 1. The van der Waals surface area contributed by atoms with Gasteiger partial charge in [-0.05, 0) is 24.6 Å². The molecule has 2 aromatic heterocycles. The van der Waals surface area contributed by atoms with Crippen LogP contribution in [0.1, 0.15) is 17.7 Å². The van der Waals surface area contributed by atoms with E-state index in [-0.39, 0.29) is 12.0 Å². The number of carbonyl (C=O) groups is 1. The lowest BCUT2D eigenvalue weighted by atomic mass is 10.2. The van der Waals surface area contributed by atoms with Gasteiger partial charge in [-0.2, -0.15) is 5.10 Å². The molecule has 0 bridgehead atoms. The van der Waals surface area contributed by atoms with Crippen LogP contribution in [0.5, 0.6) is 5.88 Å². The third-order valence-electron chi connectivity index (χ3n) is 3.64. The molecule has 1 amide bonds. The first-order valence-electron chi connectivity index (χ1n) is 7.34. The second kappa shape index (κ2) is 6.51. The van der Waals surface area contributed by atoms with Crippen LogP contribution < -0.4 is 4.74 Å². The van der Waals surface area contributed by atoms with E-state index in [0.29, 0.717) is 25.4 Å². The lowest BCUT2D eigenvalue weighted by Gasteiger charge is -2.16. The number of aryl methyl sites for hydroxylation is 1. The Morgan fingerprint density at radius 3 is 3.00 bits per heavy atom. The highest BCUT2D eigenvalue weighted by molar-refractivity contribution is 5.79. The second-order valence-electron chi connectivity index (χ2n) is 5.42. The summed E-state index contributed by atoms with van der Waals surface area (Å²) >= 11 is 0. The normalized spacial score (nSPS) is 17.5. The number of aromatic nitrogens is 3. The predicted octanol–water partition coefficient (Wildman–Crippen LogP) is 1.40. The molecular weight excluding hydrogens is 280 g/mol. The van der Waals surface area contributed by atoms with Crippen molar-refractivity contribution >= 4 is 5.91 Å². The van der Waals surface area contributed by atoms with E-state index >= 15 is 0 Å². The summed E-state index contributed by atoms with van der Waals surface area (Å²) in [5.74, 6) is 0.617. The Balaban J connectivity index is 1.53. The van der Waals surface area contributed by atoms with E-state index < -0.39 is 0 Å². The van der Waals surface area contributed by atoms with E-state index in [0.717, 1.165) is 17.7 Å². The van der Waals surface area contributed by atoms with Gasteiger partial charge < -0.3 is 9.64 Å². The minimum Gasteiger partial charge on any atom is -0.471 e. The number of carbonyl (C=O) groups excluding carboxylic acids is 1. The fourth-order valence-corrected chi connectivity index (χ4v) is 2.46. The Kier molecular flexibility index (Phi) is 4.27. The Hall–Kier alpha value is -2.50. The zero-order chi connectivity index (χ0) is 15.4. The highest BCUT2D eigenvalue weighted by Gasteiger charge is 2.27. The zero-order valence-electron chi connectivity index (χ0n) is 12.5. The van der Waals surface area contributed by atoms with Crippen molar-refractivity contribution in [1.82, 2.24) is 20.1 Å². The molecule has 0 radical (unpaired) electrons. The van der Waals surface area contributed by atoms with Crippen molar-refractivity contribution in [2.45, 2.75) is 25.9 Å². The van der Waals surface area contributed by atoms with Crippen LogP contribution in [0, 0.1) is 6.92 Å². The van der Waals surface area contributed by atoms with E-state index in [2.05, 4.69) is 15.2 Å². The van der Waals surface area contributed by atoms with Crippen molar-refractivity contribution in [1.29, 1.82) is 0 Å². The Labute approximate surface area is 129 Å². The largest absolute Gasteiger partial charge is 0.471 e. The molecule has 2 aromatic rings. The van der Waals surface area contributed by atoms with Crippen LogP contribution >= 0.6 is 0 Å². The molecule has 1 aliphatic rings. The number of hydrogen-bond acceptors (Lipinski definition) is 5. The minimum absolute atomic E-state index is 0.0187. The molecule has 0 N–H and O–H groups in total. The SMILES string of the molecule is Cc1ccc(O[C@@H]2CCN(C(=O)Cc3cccnc3)C2)nn1.